The highest BCUT2D eigenvalue weighted by atomic mass is 35.5. The van der Waals surface area contributed by atoms with Crippen molar-refractivity contribution in [2.45, 2.75) is 46.5 Å². The number of nitrogens with zero attached hydrogens (tertiary/aromatic N) is 1. The Morgan fingerprint density at radius 3 is 2.36 bits per heavy atom. The first kappa shape index (κ1) is 22.2. The minimum absolute atomic E-state index is 0.00810. The fraction of sp³-hybridized carbons (Fsp3) is 0.400. The molecule has 0 heterocycles. The van der Waals surface area contributed by atoms with E-state index in [-0.39, 0.29) is 5.91 Å². The summed E-state index contributed by atoms with van der Waals surface area (Å²) in [7, 11) is 0. The Bertz CT molecular complexity index is 767. The average Bonchev–Trinajstić information content (AvgIpc) is 2.68. The van der Waals surface area contributed by atoms with Crippen molar-refractivity contribution in [1.29, 1.82) is 0 Å². The SMILES string of the molecule is CCCCCC(=Cc1ccccc1)CN(CC(C)C)C(=O)c1ccccc1Cl. The molecule has 1 amide bonds. The maximum atomic E-state index is 13.2. The van der Waals surface area contributed by atoms with E-state index in [9.17, 15) is 4.79 Å². The van der Waals surface area contributed by atoms with Gasteiger partial charge in [0.1, 0.15) is 0 Å². The number of carbonyl (C=O) groups excluding carboxylic acids is 1. The predicted octanol–water partition coefficient (Wildman–Crippen LogP) is 7.10. The third kappa shape index (κ3) is 7.16. The minimum Gasteiger partial charge on any atom is -0.334 e. The van der Waals surface area contributed by atoms with Gasteiger partial charge in [0.2, 0.25) is 0 Å². The van der Waals surface area contributed by atoms with Crippen LogP contribution in [-0.2, 0) is 0 Å². The third-order valence-corrected chi connectivity index (χ3v) is 4.97. The van der Waals surface area contributed by atoms with Crippen molar-refractivity contribution in [3.63, 3.8) is 0 Å². The molecule has 0 aliphatic heterocycles. The van der Waals surface area contributed by atoms with Crippen molar-refractivity contribution in [3.05, 3.63) is 76.3 Å². The first-order valence-electron chi connectivity index (χ1n) is 10.3. The Hall–Kier alpha value is -2.06. The van der Waals surface area contributed by atoms with E-state index in [2.05, 4.69) is 51.1 Å². The lowest BCUT2D eigenvalue weighted by Gasteiger charge is -2.26. The Morgan fingerprint density at radius 2 is 1.71 bits per heavy atom. The number of unbranched alkanes of at least 4 members (excludes halogenated alkanes) is 2. The molecule has 0 aliphatic carbocycles. The Morgan fingerprint density at radius 1 is 1.04 bits per heavy atom. The van der Waals surface area contributed by atoms with E-state index in [1.165, 1.54) is 24.0 Å². The molecule has 0 saturated carbocycles. The zero-order valence-corrected chi connectivity index (χ0v) is 18.1. The third-order valence-electron chi connectivity index (χ3n) is 4.64. The molecule has 0 aromatic heterocycles. The van der Waals surface area contributed by atoms with Gasteiger partial charge in [-0.25, -0.2) is 0 Å². The maximum absolute atomic E-state index is 13.2. The summed E-state index contributed by atoms with van der Waals surface area (Å²) in [5.74, 6) is 0.397. The highest BCUT2D eigenvalue weighted by Gasteiger charge is 2.20. The summed E-state index contributed by atoms with van der Waals surface area (Å²) in [5.41, 5.74) is 3.06. The van der Waals surface area contributed by atoms with Crippen LogP contribution in [0.2, 0.25) is 5.02 Å². The summed E-state index contributed by atoms with van der Waals surface area (Å²) in [4.78, 5) is 15.2. The summed E-state index contributed by atoms with van der Waals surface area (Å²) in [6.45, 7) is 7.85. The summed E-state index contributed by atoms with van der Waals surface area (Å²) in [5, 5.41) is 0.515. The zero-order valence-electron chi connectivity index (χ0n) is 17.3. The molecule has 0 spiro atoms. The van der Waals surface area contributed by atoms with Gasteiger partial charge in [0.15, 0.2) is 0 Å². The van der Waals surface area contributed by atoms with Crippen LogP contribution in [0.15, 0.2) is 60.2 Å². The molecule has 0 atom stereocenters. The van der Waals surface area contributed by atoms with Crippen molar-refractivity contribution in [2.75, 3.05) is 13.1 Å². The highest BCUT2D eigenvalue weighted by Crippen LogP contribution is 2.21. The van der Waals surface area contributed by atoms with Crippen LogP contribution < -0.4 is 0 Å². The van der Waals surface area contributed by atoms with Crippen LogP contribution in [0, 0.1) is 5.92 Å². The number of hydrogen-bond acceptors (Lipinski definition) is 1. The van der Waals surface area contributed by atoms with Gasteiger partial charge in [-0.1, -0.05) is 99.3 Å². The zero-order chi connectivity index (χ0) is 20.4. The number of amides is 1. The summed E-state index contributed by atoms with van der Waals surface area (Å²) < 4.78 is 0. The summed E-state index contributed by atoms with van der Waals surface area (Å²) in [6, 6.07) is 17.7. The highest BCUT2D eigenvalue weighted by molar-refractivity contribution is 6.33. The first-order valence-corrected chi connectivity index (χ1v) is 10.7. The van der Waals surface area contributed by atoms with Gasteiger partial charge in [0.25, 0.3) is 5.91 Å². The quantitative estimate of drug-likeness (QED) is 0.391. The Balaban J connectivity index is 2.27. The number of hydrogen-bond donors (Lipinski definition) is 0. The van der Waals surface area contributed by atoms with Gasteiger partial charge in [0, 0.05) is 13.1 Å². The molecule has 2 rings (SSSR count). The maximum Gasteiger partial charge on any atom is 0.255 e. The smallest absolute Gasteiger partial charge is 0.255 e. The molecule has 0 fully saturated rings. The molecular weight excluding hydrogens is 366 g/mol. The number of carbonyl (C=O) groups is 1. The second-order valence-electron chi connectivity index (χ2n) is 7.73. The van der Waals surface area contributed by atoms with Gasteiger partial charge in [-0.15, -0.1) is 0 Å². The average molecular weight is 398 g/mol. The van der Waals surface area contributed by atoms with Crippen molar-refractivity contribution < 1.29 is 4.79 Å². The molecule has 150 valence electrons. The standard InChI is InChI=1S/C25H32ClNO/c1-4-5-7-14-22(17-21-12-8-6-9-13-21)19-27(18-20(2)3)25(28)23-15-10-11-16-24(23)26/h6,8-13,15-17,20H,4-5,7,14,18-19H2,1-3H3. The van der Waals surface area contributed by atoms with Crippen LogP contribution in [0.4, 0.5) is 0 Å². The van der Waals surface area contributed by atoms with E-state index in [1.54, 1.807) is 6.07 Å². The van der Waals surface area contributed by atoms with Crippen LogP contribution in [0.25, 0.3) is 6.08 Å². The van der Waals surface area contributed by atoms with Crippen molar-refractivity contribution in [1.82, 2.24) is 4.90 Å². The Kier molecular flexibility index (Phi) is 9.30. The molecule has 0 radical (unpaired) electrons. The van der Waals surface area contributed by atoms with E-state index >= 15 is 0 Å². The molecule has 0 saturated heterocycles. The second-order valence-corrected chi connectivity index (χ2v) is 8.14. The van der Waals surface area contributed by atoms with Crippen LogP contribution in [-0.4, -0.2) is 23.9 Å². The summed E-state index contributed by atoms with van der Waals surface area (Å²) in [6.07, 6.45) is 6.78. The van der Waals surface area contributed by atoms with Crippen LogP contribution in [0.5, 0.6) is 0 Å². The fourth-order valence-electron chi connectivity index (χ4n) is 3.29. The van der Waals surface area contributed by atoms with Gasteiger partial charge in [0.05, 0.1) is 10.6 Å². The lowest BCUT2D eigenvalue weighted by atomic mass is 10.0. The molecular formula is C25H32ClNO. The molecule has 2 nitrogen and oxygen atoms in total. The van der Waals surface area contributed by atoms with E-state index in [4.69, 9.17) is 11.6 Å². The Labute approximate surface area is 175 Å². The van der Waals surface area contributed by atoms with Crippen LogP contribution in [0.1, 0.15) is 62.4 Å². The predicted molar refractivity (Wildman–Crippen MR) is 121 cm³/mol. The summed E-state index contributed by atoms with van der Waals surface area (Å²) >= 11 is 6.31. The molecule has 0 unspecified atom stereocenters. The van der Waals surface area contributed by atoms with Crippen LogP contribution in [0.3, 0.4) is 0 Å². The number of rotatable bonds is 10. The largest absolute Gasteiger partial charge is 0.334 e. The molecule has 0 aliphatic rings. The van der Waals surface area contributed by atoms with Gasteiger partial charge in [-0.05, 0) is 36.5 Å². The van der Waals surface area contributed by atoms with Gasteiger partial charge in [-0.3, -0.25) is 4.79 Å². The monoisotopic (exact) mass is 397 g/mol. The van der Waals surface area contributed by atoms with E-state index in [1.807, 2.05) is 29.2 Å². The van der Waals surface area contributed by atoms with E-state index in [0.29, 0.717) is 29.6 Å². The minimum atomic E-state index is 0.00810. The first-order chi connectivity index (χ1) is 13.5. The second kappa shape index (κ2) is 11.7. The lowest BCUT2D eigenvalue weighted by Crippen LogP contribution is -2.36. The molecule has 3 heteroatoms. The topological polar surface area (TPSA) is 20.3 Å². The van der Waals surface area contributed by atoms with Crippen molar-refractivity contribution >= 4 is 23.6 Å². The molecule has 0 bridgehead atoms. The fourth-order valence-corrected chi connectivity index (χ4v) is 3.51. The van der Waals surface area contributed by atoms with Gasteiger partial charge < -0.3 is 4.90 Å². The molecule has 2 aromatic rings. The molecule has 28 heavy (non-hydrogen) atoms. The molecule has 0 N–H and O–H groups in total. The number of benzene rings is 2. The number of halogens is 1. The van der Waals surface area contributed by atoms with Gasteiger partial charge in [-0.2, -0.15) is 0 Å². The van der Waals surface area contributed by atoms with Gasteiger partial charge >= 0.3 is 0 Å². The van der Waals surface area contributed by atoms with Crippen molar-refractivity contribution in [2.24, 2.45) is 5.92 Å². The van der Waals surface area contributed by atoms with Crippen LogP contribution >= 0.6 is 11.6 Å². The van der Waals surface area contributed by atoms with E-state index in [0.717, 1.165) is 12.8 Å². The van der Waals surface area contributed by atoms with E-state index < -0.39 is 0 Å². The van der Waals surface area contributed by atoms with Crippen molar-refractivity contribution in [3.8, 4) is 0 Å². The molecule has 2 aromatic carbocycles. The lowest BCUT2D eigenvalue weighted by molar-refractivity contribution is 0.0751. The normalized spacial score (nSPS) is 11.7.